The normalized spacial score (nSPS) is 17.2. The molecule has 1 aliphatic rings. The van der Waals surface area contributed by atoms with Crippen LogP contribution in [0.3, 0.4) is 0 Å². The third-order valence-corrected chi connectivity index (χ3v) is 4.73. The first-order valence-electron chi connectivity index (χ1n) is 7.29. The van der Waals surface area contributed by atoms with Gasteiger partial charge in [-0.2, -0.15) is 0 Å². The van der Waals surface area contributed by atoms with E-state index in [4.69, 9.17) is 0 Å². The maximum absolute atomic E-state index is 12.4. The van der Waals surface area contributed by atoms with E-state index in [9.17, 15) is 14.7 Å². The number of carboxylic acids is 1. The van der Waals surface area contributed by atoms with Crippen LogP contribution in [0, 0.1) is 12.8 Å². The second-order valence-corrected chi connectivity index (χ2v) is 6.53. The first-order chi connectivity index (χ1) is 9.99. The first kappa shape index (κ1) is 16.0. The Labute approximate surface area is 133 Å². The Kier molecular flexibility index (Phi) is 5.39. The zero-order valence-corrected chi connectivity index (χ0v) is 13.6. The highest BCUT2D eigenvalue weighted by Crippen LogP contribution is 2.27. The highest BCUT2D eigenvalue weighted by atomic mass is 79.9. The fourth-order valence-electron chi connectivity index (χ4n) is 2.88. The van der Waals surface area contributed by atoms with Gasteiger partial charge in [0.25, 0.3) is 5.91 Å². The second-order valence-electron chi connectivity index (χ2n) is 5.67. The van der Waals surface area contributed by atoms with Crippen LogP contribution in [0.4, 0.5) is 0 Å². The minimum Gasteiger partial charge on any atom is -0.480 e. The lowest BCUT2D eigenvalue weighted by molar-refractivity contribution is -0.141. The van der Waals surface area contributed by atoms with Crippen LogP contribution in [0.15, 0.2) is 22.7 Å². The monoisotopic (exact) mass is 353 g/mol. The maximum Gasteiger partial charge on any atom is 0.326 e. The van der Waals surface area contributed by atoms with Crippen LogP contribution < -0.4 is 5.32 Å². The van der Waals surface area contributed by atoms with E-state index in [1.54, 1.807) is 12.1 Å². The highest BCUT2D eigenvalue weighted by Gasteiger charge is 2.31. The van der Waals surface area contributed by atoms with Crippen LogP contribution in [0.25, 0.3) is 0 Å². The van der Waals surface area contributed by atoms with E-state index in [-0.39, 0.29) is 11.8 Å². The van der Waals surface area contributed by atoms with Crippen molar-refractivity contribution in [2.24, 2.45) is 5.92 Å². The molecule has 114 valence electrons. The lowest BCUT2D eigenvalue weighted by Crippen LogP contribution is -2.46. The summed E-state index contributed by atoms with van der Waals surface area (Å²) in [5.41, 5.74) is 1.45. The van der Waals surface area contributed by atoms with Crippen molar-refractivity contribution in [2.45, 2.75) is 45.1 Å². The predicted octanol–water partition coefficient (Wildman–Crippen LogP) is 3.52. The molecule has 0 aromatic heterocycles. The molecule has 1 aliphatic carbocycles. The number of aliphatic carboxylic acids is 1. The van der Waals surface area contributed by atoms with E-state index >= 15 is 0 Å². The van der Waals surface area contributed by atoms with E-state index in [1.165, 1.54) is 0 Å². The molecule has 1 unspecified atom stereocenters. The number of carboxylic acid groups (broad SMARTS) is 1. The molecule has 1 fully saturated rings. The lowest BCUT2D eigenvalue weighted by atomic mass is 9.84. The number of amides is 1. The summed E-state index contributed by atoms with van der Waals surface area (Å²) < 4.78 is 0.679. The molecule has 0 heterocycles. The van der Waals surface area contributed by atoms with Crippen LogP contribution in [0.2, 0.25) is 0 Å². The Morgan fingerprint density at radius 1 is 1.29 bits per heavy atom. The summed E-state index contributed by atoms with van der Waals surface area (Å²) in [6.07, 6.45) is 4.97. The zero-order valence-electron chi connectivity index (χ0n) is 12.1. The van der Waals surface area contributed by atoms with Crippen LogP contribution in [0.1, 0.15) is 48.0 Å². The van der Waals surface area contributed by atoms with Gasteiger partial charge in [-0.15, -0.1) is 0 Å². The van der Waals surface area contributed by atoms with E-state index in [0.717, 1.165) is 37.7 Å². The fourth-order valence-corrected chi connectivity index (χ4v) is 3.31. The lowest BCUT2D eigenvalue weighted by Gasteiger charge is -2.28. The summed E-state index contributed by atoms with van der Waals surface area (Å²) in [6, 6.07) is 4.67. The molecule has 0 spiro atoms. The van der Waals surface area contributed by atoms with Crippen molar-refractivity contribution in [3.8, 4) is 0 Å². The Balaban J connectivity index is 2.14. The molecule has 2 rings (SSSR count). The predicted molar refractivity (Wildman–Crippen MR) is 84.3 cm³/mol. The van der Waals surface area contributed by atoms with Crippen molar-refractivity contribution in [2.75, 3.05) is 0 Å². The van der Waals surface area contributed by atoms with E-state index in [0.29, 0.717) is 10.0 Å². The summed E-state index contributed by atoms with van der Waals surface area (Å²) in [4.78, 5) is 23.9. The number of halogens is 1. The number of hydrogen-bond donors (Lipinski definition) is 2. The summed E-state index contributed by atoms with van der Waals surface area (Å²) in [7, 11) is 0. The van der Waals surface area contributed by atoms with Gasteiger partial charge in [-0.25, -0.2) is 4.79 Å². The number of carbonyl (C=O) groups excluding carboxylic acids is 1. The Bertz CT molecular complexity index is 538. The molecule has 1 amide bonds. The number of nitrogens with one attached hydrogen (secondary N) is 1. The highest BCUT2D eigenvalue weighted by molar-refractivity contribution is 9.10. The van der Waals surface area contributed by atoms with Crippen LogP contribution in [0.5, 0.6) is 0 Å². The summed E-state index contributed by atoms with van der Waals surface area (Å²) in [6.45, 7) is 1.90. The number of carbonyl (C=O) groups is 2. The maximum atomic E-state index is 12.4. The molecular weight excluding hydrogens is 334 g/mol. The molecule has 1 atom stereocenters. The quantitative estimate of drug-likeness (QED) is 0.870. The summed E-state index contributed by atoms with van der Waals surface area (Å²) in [5.74, 6) is -1.24. The molecule has 2 N–H and O–H groups in total. The van der Waals surface area contributed by atoms with Gasteiger partial charge >= 0.3 is 5.97 Å². The fraction of sp³-hybridized carbons (Fsp3) is 0.500. The second kappa shape index (κ2) is 7.07. The van der Waals surface area contributed by atoms with Crippen LogP contribution in [-0.2, 0) is 4.79 Å². The minimum absolute atomic E-state index is 0.0313. The van der Waals surface area contributed by atoms with Crippen molar-refractivity contribution in [3.05, 3.63) is 33.8 Å². The van der Waals surface area contributed by atoms with Gasteiger partial charge in [-0.05, 0) is 53.7 Å². The number of rotatable bonds is 4. The van der Waals surface area contributed by atoms with Gasteiger partial charge in [-0.1, -0.05) is 30.9 Å². The molecule has 1 aromatic carbocycles. The van der Waals surface area contributed by atoms with Gasteiger partial charge in [0.15, 0.2) is 0 Å². The van der Waals surface area contributed by atoms with Crippen molar-refractivity contribution >= 4 is 27.8 Å². The summed E-state index contributed by atoms with van der Waals surface area (Å²) in [5, 5.41) is 12.1. The number of aryl methyl sites for hydroxylation is 1. The van der Waals surface area contributed by atoms with Crippen molar-refractivity contribution < 1.29 is 14.7 Å². The first-order valence-corrected chi connectivity index (χ1v) is 8.08. The molecule has 0 saturated heterocycles. The van der Waals surface area contributed by atoms with Gasteiger partial charge in [0, 0.05) is 4.47 Å². The Morgan fingerprint density at radius 3 is 2.57 bits per heavy atom. The van der Waals surface area contributed by atoms with E-state index < -0.39 is 12.0 Å². The molecule has 4 nitrogen and oxygen atoms in total. The average molecular weight is 354 g/mol. The SMILES string of the molecule is Cc1ccc(Br)c(C(=O)NC(C(=O)O)C2CCCCC2)c1. The molecule has 0 radical (unpaired) electrons. The molecule has 0 aliphatic heterocycles. The van der Waals surface area contributed by atoms with Crippen molar-refractivity contribution in [1.82, 2.24) is 5.32 Å². The molecular formula is C16H20BrNO3. The largest absolute Gasteiger partial charge is 0.480 e. The third kappa shape index (κ3) is 4.06. The molecule has 21 heavy (non-hydrogen) atoms. The standard InChI is InChI=1S/C16H20BrNO3/c1-10-7-8-13(17)12(9-10)15(19)18-14(16(20)21)11-5-3-2-4-6-11/h7-9,11,14H,2-6H2,1H3,(H,18,19)(H,20,21). The van der Waals surface area contributed by atoms with Gasteiger partial charge in [-0.3, -0.25) is 4.79 Å². The van der Waals surface area contributed by atoms with Crippen molar-refractivity contribution in [3.63, 3.8) is 0 Å². The van der Waals surface area contributed by atoms with Gasteiger partial charge in [0.1, 0.15) is 6.04 Å². The smallest absolute Gasteiger partial charge is 0.326 e. The zero-order chi connectivity index (χ0) is 15.4. The third-order valence-electron chi connectivity index (χ3n) is 4.04. The Morgan fingerprint density at radius 2 is 1.95 bits per heavy atom. The van der Waals surface area contributed by atoms with Gasteiger partial charge in [0.2, 0.25) is 0 Å². The summed E-state index contributed by atoms with van der Waals surface area (Å²) >= 11 is 3.35. The Hall–Kier alpha value is -1.36. The van der Waals surface area contributed by atoms with Crippen LogP contribution >= 0.6 is 15.9 Å². The van der Waals surface area contributed by atoms with Gasteiger partial charge in [0.05, 0.1) is 5.56 Å². The molecule has 0 bridgehead atoms. The molecule has 5 heteroatoms. The van der Waals surface area contributed by atoms with E-state index in [2.05, 4.69) is 21.2 Å². The van der Waals surface area contributed by atoms with E-state index in [1.807, 2.05) is 13.0 Å². The molecule has 1 aromatic rings. The molecule has 1 saturated carbocycles. The average Bonchev–Trinajstić information content (AvgIpc) is 2.47. The number of hydrogen-bond acceptors (Lipinski definition) is 2. The van der Waals surface area contributed by atoms with Crippen LogP contribution in [-0.4, -0.2) is 23.0 Å². The minimum atomic E-state index is -0.945. The van der Waals surface area contributed by atoms with Crippen molar-refractivity contribution in [1.29, 1.82) is 0 Å². The topological polar surface area (TPSA) is 66.4 Å². The number of benzene rings is 1. The van der Waals surface area contributed by atoms with Gasteiger partial charge < -0.3 is 10.4 Å².